The molecule has 1 aliphatic carbocycles. The van der Waals surface area contributed by atoms with Crippen molar-refractivity contribution < 1.29 is 24.2 Å². The predicted octanol–water partition coefficient (Wildman–Crippen LogP) is 2.06. The number of carbonyl (C=O) groups is 2. The summed E-state index contributed by atoms with van der Waals surface area (Å²) in [6, 6.07) is 0. The molecule has 1 heterocycles. The Morgan fingerprint density at radius 1 is 1.45 bits per heavy atom. The van der Waals surface area contributed by atoms with E-state index in [0.29, 0.717) is 18.4 Å². The van der Waals surface area contributed by atoms with Gasteiger partial charge in [-0.05, 0) is 31.9 Å². The van der Waals surface area contributed by atoms with Crippen LogP contribution in [0.25, 0.3) is 0 Å². The van der Waals surface area contributed by atoms with Crippen LogP contribution in [0.2, 0.25) is 0 Å². The van der Waals surface area contributed by atoms with Gasteiger partial charge in [0, 0.05) is 18.9 Å². The fourth-order valence-electron chi connectivity index (χ4n) is 2.91. The molecule has 2 aliphatic rings. The Bertz CT molecular complexity index is 557. The summed E-state index contributed by atoms with van der Waals surface area (Å²) in [6.07, 6.45) is 2.94. The highest BCUT2D eigenvalue weighted by Gasteiger charge is 2.44. The van der Waals surface area contributed by atoms with Gasteiger partial charge in [-0.15, -0.1) is 0 Å². The molecule has 0 amide bonds. The van der Waals surface area contributed by atoms with Gasteiger partial charge in [0.25, 0.3) is 0 Å². The summed E-state index contributed by atoms with van der Waals surface area (Å²) in [7, 11) is 0. The highest BCUT2D eigenvalue weighted by molar-refractivity contribution is 5.91. The molecule has 1 N–H and O–H groups in total. The van der Waals surface area contributed by atoms with Crippen LogP contribution in [-0.2, 0) is 19.1 Å². The lowest BCUT2D eigenvalue weighted by atomic mass is 9.85. The first kappa shape index (κ1) is 16.5. The van der Waals surface area contributed by atoms with E-state index >= 15 is 0 Å². The maximum atomic E-state index is 11.9. The van der Waals surface area contributed by atoms with Crippen LogP contribution in [0.5, 0.6) is 0 Å². The van der Waals surface area contributed by atoms with Gasteiger partial charge >= 0.3 is 11.9 Å². The minimum Gasteiger partial charge on any atom is -0.461 e. The monoisotopic (exact) mass is 306 g/mol. The van der Waals surface area contributed by atoms with Crippen molar-refractivity contribution in [3.05, 3.63) is 35.5 Å². The van der Waals surface area contributed by atoms with E-state index in [9.17, 15) is 14.7 Å². The number of carbonyl (C=O) groups excluding carboxylic acids is 2. The van der Waals surface area contributed by atoms with Crippen LogP contribution in [0, 0.1) is 5.92 Å². The van der Waals surface area contributed by atoms with E-state index in [2.05, 4.69) is 6.58 Å². The fraction of sp³-hybridized carbons (Fsp3) is 0.529. The van der Waals surface area contributed by atoms with Crippen LogP contribution in [0.4, 0.5) is 0 Å². The Balaban J connectivity index is 2.43. The summed E-state index contributed by atoms with van der Waals surface area (Å²) in [5.41, 5.74) is 2.03. The van der Waals surface area contributed by atoms with Crippen molar-refractivity contribution in [3.8, 4) is 0 Å². The van der Waals surface area contributed by atoms with Crippen molar-refractivity contribution >= 4 is 11.9 Å². The molecule has 1 fully saturated rings. The third-order valence-corrected chi connectivity index (χ3v) is 4.15. The van der Waals surface area contributed by atoms with Gasteiger partial charge < -0.3 is 14.6 Å². The van der Waals surface area contributed by atoms with Crippen molar-refractivity contribution in [3.63, 3.8) is 0 Å². The van der Waals surface area contributed by atoms with Crippen LogP contribution >= 0.6 is 0 Å². The number of rotatable bonds is 1. The normalized spacial score (nSPS) is 37.3. The molecule has 0 aromatic carbocycles. The van der Waals surface area contributed by atoms with Crippen molar-refractivity contribution in [1.82, 2.24) is 0 Å². The highest BCUT2D eigenvalue weighted by atomic mass is 16.6. The summed E-state index contributed by atoms with van der Waals surface area (Å²) in [6.45, 7) is 8.85. The second kappa shape index (κ2) is 6.48. The van der Waals surface area contributed by atoms with Gasteiger partial charge in [-0.1, -0.05) is 18.2 Å². The molecule has 5 nitrogen and oxygen atoms in total. The molecule has 0 spiro atoms. The zero-order chi connectivity index (χ0) is 16.4. The summed E-state index contributed by atoms with van der Waals surface area (Å²) >= 11 is 0. The molecular weight excluding hydrogens is 284 g/mol. The average Bonchev–Trinajstić information content (AvgIpc) is 2.69. The van der Waals surface area contributed by atoms with E-state index in [1.165, 1.54) is 6.92 Å². The molecule has 0 saturated carbocycles. The summed E-state index contributed by atoms with van der Waals surface area (Å²) in [4.78, 5) is 23.3. The molecule has 4 atom stereocenters. The van der Waals surface area contributed by atoms with E-state index < -0.39 is 36.2 Å². The van der Waals surface area contributed by atoms with Gasteiger partial charge in [-0.3, -0.25) is 4.79 Å². The number of aliphatic hydroxyl groups is 1. The zero-order valence-electron chi connectivity index (χ0n) is 13.2. The van der Waals surface area contributed by atoms with E-state index in [4.69, 9.17) is 9.47 Å². The predicted molar refractivity (Wildman–Crippen MR) is 80.8 cm³/mol. The van der Waals surface area contributed by atoms with Gasteiger partial charge in [0.2, 0.25) is 0 Å². The summed E-state index contributed by atoms with van der Waals surface area (Å²) in [5, 5.41) is 10.1. The van der Waals surface area contributed by atoms with E-state index in [1.807, 2.05) is 13.0 Å². The maximum absolute atomic E-state index is 11.9. The lowest BCUT2D eigenvalue weighted by molar-refractivity contribution is -0.149. The summed E-state index contributed by atoms with van der Waals surface area (Å²) in [5.74, 6) is -1.31. The fourth-order valence-corrected chi connectivity index (χ4v) is 2.91. The van der Waals surface area contributed by atoms with Gasteiger partial charge in [-0.2, -0.15) is 0 Å². The number of hydrogen-bond donors (Lipinski definition) is 1. The molecule has 0 aromatic heterocycles. The number of hydrogen-bond acceptors (Lipinski definition) is 5. The highest BCUT2D eigenvalue weighted by Crippen LogP contribution is 2.36. The largest absolute Gasteiger partial charge is 0.461 e. The molecule has 1 saturated heterocycles. The quantitative estimate of drug-likeness (QED) is 0.456. The van der Waals surface area contributed by atoms with Crippen molar-refractivity contribution in [2.24, 2.45) is 5.92 Å². The van der Waals surface area contributed by atoms with Crippen molar-refractivity contribution in [2.45, 2.75) is 51.9 Å². The molecule has 0 aromatic rings. The van der Waals surface area contributed by atoms with E-state index in [-0.39, 0.29) is 0 Å². The molecule has 120 valence electrons. The number of esters is 2. The third-order valence-electron chi connectivity index (χ3n) is 4.15. The molecule has 2 rings (SSSR count). The molecule has 0 bridgehead atoms. The molecule has 22 heavy (non-hydrogen) atoms. The first-order chi connectivity index (χ1) is 10.3. The smallest absolute Gasteiger partial charge is 0.334 e. The average molecular weight is 306 g/mol. The van der Waals surface area contributed by atoms with Crippen LogP contribution in [0.3, 0.4) is 0 Å². The Labute approximate surface area is 130 Å². The SMILES string of the molecule is C=C1C(=O)O[C@@H]2/C=C(/C)[C@H](O)C/C=C(/C)C[C@H](OC(C)=O)[C@@H]12. The molecule has 0 unspecified atom stereocenters. The van der Waals surface area contributed by atoms with Crippen LogP contribution in [0.1, 0.15) is 33.6 Å². The lowest BCUT2D eigenvalue weighted by Gasteiger charge is -2.27. The number of aliphatic hydroxyl groups excluding tert-OH is 1. The Morgan fingerprint density at radius 2 is 2.14 bits per heavy atom. The van der Waals surface area contributed by atoms with Crippen molar-refractivity contribution in [2.75, 3.05) is 0 Å². The topological polar surface area (TPSA) is 72.8 Å². The van der Waals surface area contributed by atoms with Gasteiger partial charge in [-0.25, -0.2) is 4.79 Å². The molecule has 5 heteroatoms. The second-order valence-corrected chi connectivity index (χ2v) is 5.99. The zero-order valence-corrected chi connectivity index (χ0v) is 13.2. The van der Waals surface area contributed by atoms with Gasteiger partial charge in [0.15, 0.2) is 0 Å². The van der Waals surface area contributed by atoms with Gasteiger partial charge in [0.1, 0.15) is 12.2 Å². The van der Waals surface area contributed by atoms with E-state index in [0.717, 1.165) is 11.1 Å². The first-order valence-electron chi connectivity index (χ1n) is 7.38. The molecular formula is C17H22O5. The maximum Gasteiger partial charge on any atom is 0.334 e. The third kappa shape index (κ3) is 3.47. The number of ether oxygens (including phenoxy) is 2. The van der Waals surface area contributed by atoms with Crippen molar-refractivity contribution in [1.29, 1.82) is 0 Å². The minimum absolute atomic E-state index is 0.308. The van der Waals surface area contributed by atoms with Gasteiger partial charge in [0.05, 0.1) is 12.0 Å². The van der Waals surface area contributed by atoms with Crippen LogP contribution < -0.4 is 0 Å². The summed E-state index contributed by atoms with van der Waals surface area (Å²) < 4.78 is 10.8. The Hall–Kier alpha value is -1.88. The lowest BCUT2D eigenvalue weighted by Crippen LogP contribution is -2.33. The van der Waals surface area contributed by atoms with Crippen LogP contribution in [0.15, 0.2) is 35.5 Å². The number of fused-ring (bicyclic) bond motifs is 1. The standard InChI is InChI=1S/C17H22O5/c1-9-5-6-13(19)10(2)8-15-16(11(3)17(20)22-15)14(7-9)21-12(4)18/h5,8,13-16,19H,3,6-7H2,1-2,4H3/b9-5-,10-8-/t13-,14+,15-,16-/m1/s1. The molecule has 1 aliphatic heterocycles. The minimum atomic E-state index is -0.617. The van der Waals surface area contributed by atoms with Crippen LogP contribution in [-0.4, -0.2) is 35.4 Å². The van der Waals surface area contributed by atoms with E-state index in [1.54, 1.807) is 13.0 Å². The first-order valence-corrected chi connectivity index (χ1v) is 7.38. The Morgan fingerprint density at radius 3 is 2.77 bits per heavy atom. The second-order valence-electron chi connectivity index (χ2n) is 5.99. The molecule has 0 radical (unpaired) electrons. The Kier molecular flexibility index (Phi) is 4.86.